The molecule has 0 unspecified atom stereocenters. The second-order valence-electron chi connectivity index (χ2n) is 4.92. The predicted octanol–water partition coefficient (Wildman–Crippen LogP) is 4.31. The van der Waals surface area contributed by atoms with Crippen molar-refractivity contribution in [3.8, 4) is 16.4 Å². The number of amides is 1. The van der Waals surface area contributed by atoms with Crippen LogP contribution in [0.5, 0.6) is 0 Å². The number of hydrogen-bond acceptors (Lipinski definition) is 5. The lowest BCUT2D eigenvalue weighted by molar-refractivity contribution is 0.103. The Balaban J connectivity index is 1.77. The number of nitrogens with zero attached hydrogens (tertiary/aromatic N) is 3. The molecule has 0 aliphatic heterocycles. The third kappa shape index (κ3) is 2.86. The van der Waals surface area contributed by atoms with Crippen molar-refractivity contribution in [2.75, 3.05) is 5.32 Å². The first kappa shape index (κ1) is 14.8. The molecule has 5 nitrogen and oxygen atoms in total. The van der Waals surface area contributed by atoms with Crippen molar-refractivity contribution < 1.29 is 4.79 Å². The zero-order chi connectivity index (χ0) is 16.4. The average molecular weight is 352 g/mol. The molecule has 0 aliphatic rings. The fourth-order valence-electron chi connectivity index (χ4n) is 2.27. The molecular formula is C17H12N4OS2. The Bertz CT molecular complexity index is 944. The van der Waals surface area contributed by atoms with Crippen LogP contribution in [0.25, 0.3) is 16.4 Å². The van der Waals surface area contributed by atoms with E-state index in [2.05, 4.69) is 15.3 Å². The van der Waals surface area contributed by atoms with Gasteiger partial charge in [0.2, 0.25) is 0 Å². The molecule has 3 heterocycles. The molecule has 3 aromatic heterocycles. The summed E-state index contributed by atoms with van der Waals surface area (Å²) in [5.41, 5.74) is 1.59. The highest BCUT2D eigenvalue weighted by Crippen LogP contribution is 2.31. The lowest BCUT2D eigenvalue weighted by atomic mass is 10.1. The van der Waals surface area contributed by atoms with Gasteiger partial charge in [0.25, 0.3) is 5.91 Å². The van der Waals surface area contributed by atoms with Crippen LogP contribution in [0, 0.1) is 0 Å². The number of hydrogen-bond donors (Lipinski definition) is 1. The Kier molecular flexibility index (Phi) is 3.94. The average Bonchev–Trinajstić information content (AvgIpc) is 3.36. The number of carbonyl (C=O) groups is 1. The van der Waals surface area contributed by atoms with Gasteiger partial charge >= 0.3 is 0 Å². The molecule has 7 heteroatoms. The summed E-state index contributed by atoms with van der Waals surface area (Å²) in [5, 5.41) is 5.99. The standard InChI is InChI=1S/C17H12N4OS2/c22-15(20-16-18-8-11-23-16)14-13(12-6-2-1-3-7-12)19-17(24-14)21-9-4-5-10-21/h1-11H,(H,18,20,22). The highest BCUT2D eigenvalue weighted by molar-refractivity contribution is 7.17. The van der Waals surface area contributed by atoms with Gasteiger partial charge in [-0.05, 0) is 12.1 Å². The van der Waals surface area contributed by atoms with Gasteiger partial charge in [0.15, 0.2) is 10.3 Å². The summed E-state index contributed by atoms with van der Waals surface area (Å²) in [4.78, 5) is 22.1. The van der Waals surface area contributed by atoms with Gasteiger partial charge in [-0.1, -0.05) is 41.7 Å². The maximum Gasteiger partial charge on any atom is 0.269 e. The number of nitrogens with one attached hydrogen (secondary N) is 1. The molecule has 0 bridgehead atoms. The van der Waals surface area contributed by atoms with E-state index in [4.69, 9.17) is 0 Å². The van der Waals surface area contributed by atoms with E-state index in [1.54, 1.807) is 6.20 Å². The fourth-order valence-corrected chi connectivity index (χ4v) is 3.74. The third-order valence-corrected chi connectivity index (χ3v) is 5.10. The number of thiazole rings is 2. The van der Waals surface area contributed by atoms with Gasteiger partial charge in [0.1, 0.15) is 4.88 Å². The lowest BCUT2D eigenvalue weighted by Gasteiger charge is -2.02. The van der Waals surface area contributed by atoms with E-state index in [9.17, 15) is 4.79 Å². The molecule has 0 spiro atoms. The molecule has 1 N–H and O–H groups in total. The number of aromatic nitrogens is 3. The number of carbonyl (C=O) groups excluding carboxylic acids is 1. The number of benzene rings is 1. The van der Waals surface area contributed by atoms with Crippen molar-refractivity contribution in [2.24, 2.45) is 0 Å². The minimum absolute atomic E-state index is 0.195. The fraction of sp³-hybridized carbons (Fsp3) is 0. The molecule has 1 aromatic carbocycles. The van der Waals surface area contributed by atoms with Crippen molar-refractivity contribution in [3.63, 3.8) is 0 Å². The van der Waals surface area contributed by atoms with E-state index >= 15 is 0 Å². The highest BCUT2D eigenvalue weighted by atomic mass is 32.1. The molecule has 0 atom stereocenters. The third-order valence-electron chi connectivity index (χ3n) is 3.35. The van der Waals surface area contributed by atoms with Gasteiger partial charge in [-0.2, -0.15) is 0 Å². The largest absolute Gasteiger partial charge is 0.300 e. The van der Waals surface area contributed by atoms with Crippen LogP contribution in [0.1, 0.15) is 9.67 Å². The number of rotatable bonds is 4. The normalized spacial score (nSPS) is 10.7. The first-order valence-electron chi connectivity index (χ1n) is 7.22. The van der Waals surface area contributed by atoms with E-state index in [1.165, 1.54) is 22.7 Å². The Hall–Kier alpha value is -2.77. The minimum Gasteiger partial charge on any atom is -0.300 e. The first-order valence-corrected chi connectivity index (χ1v) is 8.91. The van der Waals surface area contributed by atoms with Crippen molar-refractivity contribution in [2.45, 2.75) is 0 Å². The zero-order valence-electron chi connectivity index (χ0n) is 12.4. The van der Waals surface area contributed by atoms with E-state index in [1.807, 2.05) is 64.8 Å². The molecule has 1 amide bonds. The molecule has 0 saturated heterocycles. The summed E-state index contributed by atoms with van der Waals surface area (Å²) in [5.74, 6) is -0.195. The quantitative estimate of drug-likeness (QED) is 0.595. The second-order valence-corrected chi connectivity index (χ2v) is 6.79. The maximum atomic E-state index is 12.7. The van der Waals surface area contributed by atoms with Gasteiger partial charge < -0.3 is 4.57 Å². The SMILES string of the molecule is O=C(Nc1nccs1)c1sc(-n2cccc2)nc1-c1ccccc1. The molecule has 4 aromatic rings. The molecule has 0 aliphatic carbocycles. The Morgan fingerprint density at radius 3 is 2.58 bits per heavy atom. The lowest BCUT2D eigenvalue weighted by Crippen LogP contribution is -2.11. The van der Waals surface area contributed by atoms with Crippen LogP contribution in [0.15, 0.2) is 66.4 Å². The minimum atomic E-state index is -0.195. The Labute approximate surface area is 146 Å². The Morgan fingerprint density at radius 1 is 1.08 bits per heavy atom. The van der Waals surface area contributed by atoms with Crippen LogP contribution in [-0.4, -0.2) is 20.4 Å². The zero-order valence-corrected chi connectivity index (χ0v) is 14.1. The van der Waals surface area contributed by atoms with Gasteiger partial charge in [0.05, 0.1) is 5.69 Å². The van der Waals surface area contributed by atoms with Gasteiger partial charge in [-0.25, -0.2) is 9.97 Å². The maximum absolute atomic E-state index is 12.7. The second kappa shape index (κ2) is 6.38. The van der Waals surface area contributed by atoms with Gasteiger partial charge in [0, 0.05) is 29.5 Å². The van der Waals surface area contributed by atoms with E-state index in [-0.39, 0.29) is 5.91 Å². The molecule has 0 radical (unpaired) electrons. The molecular weight excluding hydrogens is 340 g/mol. The summed E-state index contributed by atoms with van der Waals surface area (Å²) in [6.07, 6.45) is 5.49. The summed E-state index contributed by atoms with van der Waals surface area (Å²) >= 11 is 2.75. The van der Waals surface area contributed by atoms with E-state index < -0.39 is 0 Å². The molecule has 24 heavy (non-hydrogen) atoms. The van der Waals surface area contributed by atoms with Crippen LogP contribution in [0.3, 0.4) is 0 Å². The van der Waals surface area contributed by atoms with Crippen LogP contribution in [0.2, 0.25) is 0 Å². The topological polar surface area (TPSA) is 59.8 Å². The smallest absolute Gasteiger partial charge is 0.269 e. The molecule has 0 fully saturated rings. The van der Waals surface area contributed by atoms with E-state index in [0.29, 0.717) is 15.7 Å². The molecule has 4 rings (SSSR count). The summed E-state index contributed by atoms with van der Waals surface area (Å²) in [6.45, 7) is 0. The summed E-state index contributed by atoms with van der Waals surface area (Å²) in [6, 6.07) is 13.6. The van der Waals surface area contributed by atoms with E-state index in [0.717, 1.165) is 10.7 Å². The van der Waals surface area contributed by atoms with Gasteiger partial charge in [-0.3, -0.25) is 10.1 Å². The van der Waals surface area contributed by atoms with Gasteiger partial charge in [-0.15, -0.1) is 11.3 Å². The van der Waals surface area contributed by atoms with Crippen LogP contribution in [0.4, 0.5) is 5.13 Å². The molecule has 0 saturated carbocycles. The monoisotopic (exact) mass is 352 g/mol. The van der Waals surface area contributed by atoms with Crippen LogP contribution in [-0.2, 0) is 0 Å². The van der Waals surface area contributed by atoms with Crippen LogP contribution >= 0.6 is 22.7 Å². The highest BCUT2D eigenvalue weighted by Gasteiger charge is 2.20. The number of anilines is 1. The van der Waals surface area contributed by atoms with Crippen LogP contribution < -0.4 is 5.32 Å². The predicted molar refractivity (Wildman–Crippen MR) is 96.9 cm³/mol. The van der Waals surface area contributed by atoms with Crippen molar-refractivity contribution in [1.82, 2.24) is 14.5 Å². The van der Waals surface area contributed by atoms with Crippen molar-refractivity contribution in [3.05, 3.63) is 71.3 Å². The Morgan fingerprint density at radius 2 is 1.88 bits per heavy atom. The molecule has 118 valence electrons. The van der Waals surface area contributed by atoms with Crippen molar-refractivity contribution >= 4 is 33.7 Å². The first-order chi connectivity index (χ1) is 11.8. The summed E-state index contributed by atoms with van der Waals surface area (Å²) < 4.78 is 1.90. The summed E-state index contributed by atoms with van der Waals surface area (Å²) in [7, 11) is 0. The van der Waals surface area contributed by atoms with Crippen molar-refractivity contribution in [1.29, 1.82) is 0 Å².